The van der Waals surface area contributed by atoms with Crippen LogP contribution in [-0.2, 0) is 4.79 Å². The molecule has 90 valence electrons. The smallest absolute Gasteiger partial charge is 0.223 e. The number of nitrogens with zero attached hydrogens (tertiary/aromatic N) is 1. The van der Waals surface area contributed by atoms with Crippen molar-refractivity contribution in [1.82, 2.24) is 4.98 Å². The monoisotopic (exact) mass is 258 g/mol. The second-order valence-electron chi connectivity index (χ2n) is 3.99. The molecule has 0 aliphatic rings. The molecule has 4 nitrogen and oxygen atoms in total. The van der Waals surface area contributed by atoms with E-state index in [9.17, 15) is 9.90 Å². The molecule has 5 heteroatoms. The number of hydrogen-bond donors (Lipinski definition) is 2. The van der Waals surface area contributed by atoms with Crippen molar-refractivity contribution in [2.75, 3.05) is 5.32 Å². The predicted octanol–water partition coefficient (Wildman–Crippen LogP) is 3.11. The molecule has 1 amide bonds. The van der Waals surface area contributed by atoms with E-state index < -0.39 is 0 Å². The summed E-state index contributed by atoms with van der Waals surface area (Å²) in [5.41, 5.74) is 0.803. The number of rotatable bonds is 1. The van der Waals surface area contributed by atoms with Crippen LogP contribution in [0.3, 0.4) is 0 Å². The van der Waals surface area contributed by atoms with E-state index in [1.165, 1.54) is 18.3 Å². The van der Waals surface area contributed by atoms with Crippen LogP contribution in [0, 0.1) is 0 Å². The first-order chi connectivity index (χ1) is 8.65. The van der Waals surface area contributed by atoms with Gasteiger partial charge in [0, 0.05) is 23.8 Å². The average molecular weight is 258 g/mol. The van der Waals surface area contributed by atoms with Crippen molar-refractivity contribution < 1.29 is 9.90 Å². The van der Waals surface area contributed by atoms with Gasteiger partial charge in [0.15, 0.2) is 5.13 Å². The van der Waals surface area contributed by atoms with Crippen molar-refractivity contribution in [2.24, 2.45) is 0 Å². The molecule has 0 aliphatic carbocycles. The largest absolute Gasteiger partial charge is 0.507 e. The molecule has 1 heterocycles. The van der Waals surface area contributed by atoms with Crippen LogP contribution in [0.5, 0.6) is 5.75 Å². The van der Waals surface area contributed by atoms with E-state index in [0.29, 0.717) is 5.13 Å². The number of fused-ring (bicyclic) bond motifs is 3. The van der Waals surface area contributed by atoms with Gasteiger partial charge >= 0.3 is 0 Å². The van der Waals surface area contributed by atoms with Crippen molar-refractivity contribution in [2.45, 2.75) is 6.92 Å². The van der Waals surface area contributed by atoms with Gasteiger partial charge in [-0.15, -0.1) is 0 Å². The molecule has 3 rings (SSSR count). The normalized spacial score (nSPS) is 10.9. The van der Waals surface area contributed by atoms with Crippen molar-refractivity contribution in [3.63, 3.8) is 0 Å². The van der Waals surface area contributed by atoms with Gasteiger partial charge in [0.1, 0.15) is 5.75 Å². The molecule has 3 aromatic rings. The Balaban J connectivity index is 2.33. The highest BCUT2D eigenvalue weighted by molar-refractivity contribution is 7.22. The van der Waals surface area contributed by atoms with Gasteiger partial charge in [0.25, 0.3) is 0 Å². The van der Waals surface area contributed by atoms with Gasteiger partial charge in [-0.3, -0.25) is 4.79 Å². The number of phenols is 1. The predicted molar refractivity (Wildman–Crippen MR) is 73.1 cm³/mol. The molecule has 1 aromatic heterocycles. The van der Waals surface area contributed by atoms with Gasteiger partial charge in [-0.25, -0.2) is 4.98 Å². The van der Waals surface area contributed by atoms with Crippen LogP contribution >= 0.6 is 11.3 Å². The summed E-state index contributed by atoms with van der Waals surface area (Å²) >= 11 is 1.35. The van der Waals surface area contributed by atoms with E-state index in [-0.39, 0.29) is 11.7 Å². The molecule has 0 saturated heterocycles. The lowest BCUT2D eigenvalue weighted by molar-refractivity contribution is -0.114. The first-order valence-corrected chi connectivity index (χ1v) is 6.25. The summed E-state index contributed by atoms with van der Waals surface area (Å²) < 4.78 is 0.856. The second-order valence-corrected chi connectivity index (χ2v) is 5.02. The SMILES string of the molecule is CC(=O)Nc1nc2c(cc(O)c3ccccc32)s1. The third-order valence-electron chi connectivity index (χ3n) is 2.66. The number of thiazole rings is 1. The maximum Gasteiger partial charge on any atom is 0.223 e. The van der Waals surface area contributed by atoms with Crippen LogP contribution in [0.25, 0.3) is 21.0 Å². The van der Waals surface area contributed by atoms with Gasteiger partial charge in [-0.05, 0) is 0 Å². The second kappa shape index (κ2) is 3.96. The highest BCUT2D eigenvalue weighted by atomic mass is 32.1. The fourth-order valence-electron chi connectivity index (χ4n) is 1.94. The fourth-order valence-corrected chi connectivity index (χ4v) is 2.90. The van der Waals surface area contributed by atoms with E-state index in [1.54, 1.807) is 6.07 Å². The lowest BCUT2D eigenvalue weighted by atomic mass is 10.1. The Labute approximate surface area is 107 Å². The maximum atomic E-state index is 11.0. The summed E-state index contributed by atoms with van der Waals surface area (Å²) in [6, 6.07) is 9.21. The summed E-state index contributed by atoms with van der Waals surface area (Å²) in [6.07, 6.45) is 0. The quantitative estimate of drug-likeness (QED) is 0.705. The molecule has 2 aromatic carbocycles. The molecule has 2 N–H and O–H groups in total. The van der Waals surface area contributed by atoms with Crippen LogP contribution in [0.2, 0.25) is 0 Å². The topological polar surface area (TPSA) is 62.2 Å². The van der Waals surface area contributed by atoms with Crippen molar-refractivity contribution >= 4 is 43.4 Å². The Morgan fingerprint density at radius 2 is 2.06 bits per heavy atom. The molecule has 0 saturated carbocycles. The number of amides is 1. The Bertz CT molecular complexity index is 764. The molecule has 0 spiro atoms. The third kappa shape index (κ3) is 1.69. The number of benzene rings is 2. The van der Waals surface area contributed by atoms with Gasteiger partial charge < -0.3 is 10.4 Å². The van der Waals surface area contributed by atoms with E-state index in [1.807, 2.05) is 24.3 Å². The summed E-state index contributed by atoms with van der Waals surface area (Å²) in [6.45, 7) is 1.45. The lowest BCUT2D eigenvalue weighted by Gasteiger charge is -2.00. The maximum absolute atomic E-state index is 11.0. The number of hydrogen-bond acceptors (Lipinski definition) is 4. The Hall–Kier alpha value is -2.14. The molecule has 0 unspecified atom stereocenters. The number of anilines is 1. The van der Waals surface area contributed by atoms with Gasteiger partial charge in [0.05, 0.1) is 10.2 Å². The lowest BCUT2D eigenvalue weighted by Crippen LogP contribution is -2.04. The summed E-state index contributed by atoms with van der Waals surface area (Å²) in [5.74, 6) is 0.0821. The highest BCUT2D eigenvalue weighted by Gasteiger charge is 2.11. The van der Waals surface area contributed by atoms with Crippen LogP contribution < -0.4 is 5.32 Å². The summed E-state index contributed by atoms with van der Waals surface area (Å²) in [4.78, 5) is 15.4. The average Bonchev–Trinajstić information content (AvgIpc) is 2.71. The molecule has 0 aliphatic heterocycles. The number of aromatic hydroxyl groups is 1. The van der Waals surface area contributed by atoms with E-state index >= 15 is 0 Å². The van der Waals surface area contributed by atoms with Gasteiger partial charge in [0.2, 0.25) is 5.91 Å². The Kier molecular flexibility index (Phi) is 2.41. The number of phenolic OH excluding ortho intramolecular Hbond substituents is 1. The van der Waals surface area contributed by atoms with Crippen molar-refractivity contribution in [3.05, 3.63) is 30.3 Å². The zero-order valence-corrected chi connectivity index (χ0v) is 10.4. The standard InChI is InChI=1S/C13H10N2O2S/c1-7(16)14-13-15-12-9-5-3-2-4-8(9)10(17)6-11(12)18-13/h2-6,17H,1H3,(H,14,15,16). The minimum Gasteiger partial charge on any atom is -0.507 e. The number of nitrogens with one attached hydrogen (secondary N) is 1. The Morgan fingerprint density at radius 3 is 2.78 bits per heavy atom. The fraction of sp³-hybridized carbons (Fsp3) is 0.0769. The first-order valence-electron chi connectivity index (χ1n) is 5.44. The molecule has 18 heavy (non-hydrogen) atoms. The highest BCUT2D eigenvalue weighted by Crippen LogP contribution is 2.36. The van der Waals surface area contributed by atoms with Crippen LogP contribution in [0.1, 0.15) is 6.92 Å². The zero-order chi connectivity index (χ0) is 12.7. The Morgan fingerprint density at radius 1 is 1.33 bits per heavy atom. The molecular formula is C13H10N2O2S. The first kappa shape index (κ1) is 11.0. The summed E-state index contributed by atoms with van der Waals surface area (Å²) in [7, 11) is 0. The van der Waals surface area contributed by atoms with Crippen molar-refractivity contribution in [3.8, 4) is 5.75 Å². The van der Waals surface area contributed by atoms with Crippen LogP contribution in [0.15, 0.2) is 30.3 Å². The minimum absolute atomic E-state index is 0.150. The number of aromatic nitrogens is 1. The van der Waals surface area contributed by atoms with Crippen LogP contribution in [0.4, 0.5) is 5.13 Å². The zero-order valence-electron chi connectivity index (χ0n) is 9.60. The third-order valence-corrected chi connectivity index (χ3v) is 3.58. The summed E-state index contributed by atoms with van der Waals surface area (Å²) in [5, 5.41) is 14.8. The number of carbonyl (C=O) groups is 1. The molecule has 0 bridgehead atoms. The molecule has 0 fully saturated rings. The molecular weight excluding hydrogens is 248 g/mol. The van der Waals surface area contributed by atoms with E-state index in [2.05, 4.69) is 10.3 Å². The van der Waals surface area contributed by atoms with E-state index in [0.717, 1.165) is 21.0 Å². The van der Waals surface area contributed by atoms with Gasteiger partial charge in [-0.2, -0.15) is 0 Å². The number of carbonyl (C=O) groups excluding carboxylic acids is 1. The van der Waals surface area contributed by atoms with E-state index in [4.69, 9.17) is 0 Å². The van der Waals surface area contributed by atoms with Gasteiger partial charge in [-0.1, -0.05) is 35.6 Å². The molecule has 0 atom stereocenters. The van der Waals surface area contributed by atoms with Crippen LogP contribution in [-0.4, -0.2) is 16.0 Å². The van der Waals surface area contributed by atoms with Crippen molar-refractivity contribution in [1.29, 1.82) is 0 Å². The molecule has 0 radical (unpaired) electrons. The minimum atomic E-state index is -0.150.